The zero-order valence-corrected chi connectivity index (χ0v) is 14.8. The van der Waals surface area contributed by atoms with Crippen LogP contribution in [-0.2, 0) is 16.6 Å². The van der Waals surface area contributed by atoms with Crippen LogP contribution >= 0.6 is 11.3 Å². The van der Waals surface area contributed by atoms with Gasteiger partial charge in [0.15, 0.2) is 0 Å². The molecule has 1 aliphatic rings. The van der Waals surface area contributed by atoms with E-state index in [9.17, 15) is 8.42 Å². The summed E-state index contributed by atoms with van der Waals surface area (Å²) in [5.41, 5.74) is 1.08. The van der Waals surface area contributed by atoms with Crippen LogP contribution in [0.25, 0.3) is 0 Å². The average Bonchev–Trinajstić information content (AvgIpc) is 3.20. The summed E-state index contributed by atoms with van der Waals surface area (Å²) in [7, 11) is -3.32. The van der Waals surface area contributed by atoms with Crippen LogP contribution in [0.3, 0.4) is 0 Å². The molecule has 1 N–H and O–H groups in total. The minimum absolute atomic E-state index is 0.491. The predicted molar refractivity (Wildman–Crippen MR) is 88.3 cm³/mol. The lowest BCUT2D eigenvalue weighted by atomic mass is 10.3. The van der Waals surface area contributed by atoms with Crippen LogP contribution in [0.1, 0.15) is 50.0 Å². The maximum Gasteiger partial charge on any atom is 0.252 e. The van der Waals surface area contributed by atoms with Crippen molar-refractivity contribution in [2.45, 2.75) is 63.3 Å². The molecule has 0 aliphatic heterocycles. The van der Waals surface area contributed by atoms with Gasteiger partial charge in [-0.05, 0) is 37.8 Å². The Morgan fingerprint density at radius 1 is 1.38 bits per heavy atom. The minimum Gasteiger partial charge on any atom is -0.309 e. The van der Waals surface area contributed by atoms with E-state index in [1.807, 2.05) is 19.9 Å². The third kappa shape index (κ3) is 4.28. The summed E-state index contributed by atoms with van der Waals surface area (Å²) in [6, 6.07) is 2.47. The highest BCUT2D eigenvalue weighted by molar-refractivity contribution is 7.91. The average molecular weight is 331 g/mol. The second-order valence-corrected chi connectivity index (χ2v) is 8.98. The number of rotatable bonds is 9. The Bertz CT molecular complexity index is 562. The molecule has 0 radical (unpaired) electrons. The maximum absolute atomic E-state index is 12.7. The topological polar surface area (TPSA) is 49.4 Å². The van der Waals surface area contributed by atoms with Gasteiger partial charge in [0.2, 0.25) is 0 Å². The molecule has 0 saturated heterocycles. The first kappa shape index (κ1) is 16.9. The normalized spacial score (nSPS) is 15.8. The molecule has 1 aromatic rings. The molecule has 120 valence electrons. The summed E-state index contributed by atoms with van der Waals surface area (Å²) >= 11 is 1.42. The zero-order valence-electron chi connectivity index (χ0n) is 13.2. The van der Waals surface area contributed by atoms with Gasteiger partial charge in [-0.1, -0.05) is 20.3 Å². The number of aryl methyl sites for hydroxylation is 1. The highest BCUT2D eigenvalue weighted by atomic mass is 32.2. The first-order valence-electron chi connectivity index (χ1n) is 7.81. The van der Waals surface area contributed by atoms with Crippen LogP contribution in [0.2, 0.25) is 0 Å². The molecule has 0 bridgehead atoms. The second kappa shape index (κ2) is 7.22. The van der Waals surface area contributed by atoms with E-state index in [4.69, 9.17) is 0 Å². The Morgan fingerprint density at radius 2 is 2.10 bits per heavy atom. The highest BCUT2D eigenvalue weighted by Crippen LogP contribution is 2.29. The van der Waals surface area contributed by atoms with Crippen molar-refractivity contribution in [1.29, 1.82) is 0 Å². The van der Waals surface area contributed by atoms with E-state index < -0.39 is 10.0 Å². The molecule has 0 aromatic carbocycles. The quantitative estimate of drug-likeness (QED) is 0.757. The molecule has 1 aliphatic carbocycles. The Labute approximate surface area is 132 Å². The third-order valence-corrected chi connectivity index (χ3v) is 7.50. The number of nitrogens with zero attached hydrogens (tertiary/aromatic N) is 1. The van der Waals surface area contributed by atoms with Crippen molar-refractivity contribution in [1.82, 2.24) is 9.62 Å². The van der Waals surface area contributed by atoms with Gasteiger partial charge >= 0.3 is 0 Å². The van der Waals surface area contributed by atoms with Crippen molar-refractivity contribution in [2.24, 2.45) is 0 Å². The summed E-state index contributed by atoms with van der Waals surface area (Å²) in [4.78, 5) is 1.15. The SMILES string of the molecule is CCCCN(CC)S(=O)(=O)c1cc(C)c(CNC2CC2)s1. The molecule has 6 heteroatoms. The fourth-order valence-electron chi connectivity index (χ4n) is 2.23. The summed E-state index contributed by atoms with van der Waals surface area (Å²) in [6.07, 6.45) is 4.41. The van der Waals surface area contributed by atoms with Crippen LogP contribution in [0.15, 0.2) is 10.3 Å². The van der Waals surface area contributed by atoms with E-state index >= 15 is 0 Å². The van der Waals surface area contributed by atoms with Gasteiger partial charge in [-0.2, -0.15) is 4.31 Å². The number of sulfonamides is 1. The molecule has 0 spiro atoms. The van der Waals surface area contributed by atoms with Gasteiger partial charge in [0.25, 0.3) is 10.0 Å². The van der Waals surface area contributed by atoms with Crippen molar-refractivity contribution in [3.05, 3.63) is 16.5 Å². The van der Waals surface area contributed by atoms with Gasteiger partial charge in [0, 0.05) is 30.6 Å². The van der Waals surface area contributed by atoms with Gasteiger partial charge in [0.1, 0.15) is 4.21 Å². The van der Waals surface area contributed by atoms with Gasteiger partial charge in [-0.25, -0.2) is 8.42 Å². The van der Waals surface area contributed by atoms with Crippen LogP contribution in [-0.4, -0.2) is 31.9 Å². The van der Waals surface area contributed by atoms with E-state index in [0.29, 0.717) is 23.3 Å². The van der Waals surface area contributed by atoms with Crippen molar-refractivity contribution < 1.29 is 8.42 Å². The summed E-state index contributed by atoms with van der Waals surface area (Å²) in [5.74, 6) is 0. The Balaban J connectivity index is 2.12. The number of hydrogen-bond acceptors (Lipinski definition) is 4. The second-order valence-electron chi connectivity index (χ2n) is 5.68. The van der Waals surface area contributed by atoms with Crippen molar-refractivity contribution in [2.75, 3.05) is 13.1 Å². The molecule has 1 aromatic heterocycles. The molecule has 4 nitrogen and oxygen atoms in total. The van der Waals surface area contributed by atoms with Crippen molar-refractivity contribution >= 4 is 21.4 Å². The summed E-state index contributed by atoms with van der Waals surface area (Å²) in [5, 5.41) is 3.46. The van der Waals surface area contributed by atoms with E-state index in [-0.39, 0.29) is 0 Å². The fraction of sp³-hybridized carbons (Fsp3) is 0.733. The van der Waals surface area contributed by atoms with Gasteiger partial charge in [-0.15, -0.1) is 11.3 Å². The molecule has 2 rings (SSSR count). The van der Waals surface area contributed by atoms with Gasteiger partial charge in [0.05, 0.1) is 0 Å². The van der Waals surface area contributed by atoms with Crippen molar-refractivity contribution in [3.63, 3.8) is 0 Å². The van der Waals surface area contributed by atoms with E-state index in [2.05, 4.69) is 12.2 Å². The van der Waals surface area contributed by atoms with Crippen LogP contribution < -0.4 is 5.32 Å². The Morgan fingerprint density at radius 3 is 2.67 bits per heavy atom. The minimum atomic E-state index is -3.32. The lowest BCUT2D eigenvalue weighted by Gasteiger charge is -2.18. The van der Waals surface area contributed by atoms with Crippen LogP contribution in [0.4, 0.5) is 0 Å². The van der Waals surface area contributed by atoms with E-state index in [0.717, 1.165) is 29.8 Å². The smallest absolute Gasteiger partial charge is 0.252 e. The monoisotopic (exact) mass is 330 g/mol. The van der Waals surface area contributed by atoms with Crippen LogP contribution in [0.5, 0.6) is 0 Å². The standard InChI is InChI=1S/C15H26N2O2S2/c1-4-6-9-17(5-2)21(18,19)15-10-12(3)14(20-15)11-16-13-7-8-13/h10,13,16H,4-9,11H2,1-3H3. The van der Waals surface area contributed by atoms with Crippen molar-refractivity contribution in [3.8, 4) is 0 Å². The molecule has 1 heterocycles. The number of unbranched alkanes of at least 4 members (excludes halogenated alkanes) is 1. The third-order valence-electron chi connectivity index (χ3n) is 3.83. The largest absolute Gasteiger partial charge is 0.309 e. The molecule has 21 heavy (non-hydrogen) atoms. The highest BCUT2D eigenvalue weighted by Gasteiger charge is 2.26. The number of nitrogens with one attached hydrogen (secondary N) is 1. The molecule has 0 amide bonds. The van der Waals surface area contributed by atoms with Gasteiger partial charge < -0.3 is 5.32 Å². The lowest BCUT2D eigenvalue weighted by molar-refractivity contribution is 0.420. The first-order chi connectivity index (χ1) is 9.98. The van der Waals surface area contributed by atoms with E-state index in [1.165, 1.54) is 24.2 Å². The molecule has 1 saturated carbocycles. The molecular formula is C15H26N2O2S2. The first-order valence-corrected chi connectivity index (χ1v) is 10.1. The predicted octanol–water partition coefficient (Wildman–Crippen LogP) is 3.12. The molecule has 0 atom stereocenters. The lowest BCUT2D eigenvalue weighted by Crippen LogP contribution is -2.31. The Hall–Kier alpha value is -0.430. The fourth-order valence-corrected chi connectivity index (χ4v) is 5.41. The van der Waals surface area contributed by atoms with Gasteiger partial charge in [-0.3, -0.25) is 0 Å². The molecule has 1 fully saturated rings. The van der Waals surface area contributed by atoms with E-state index in [1.54, 1.807) is 4.31 Å². The Kier molecular flexibility index (Phi) is 5.82. The van der Waals surface area contributed by atoms with Crippen LogP contribution in [0, 0.1) is 6.92 Å². The maximum atomic E-state index is 12.7. The zero-order chi connectivity index (χ0) is 15.5. The molecular weight excluding hydrogens is 304 g/mol. The number of hydrogen-bond donors (Lipinski definition) is 1. The summed E-state index contributed by atoms with van der Waals surface area (Å²) in [6.45, 7) is 7.93. The molecule has 0 unspecified atom stereocenters. The summed E-state index contributed by atoms with van der Waals surface area (Å²) < 4.78 is 27.5. The number of thiophene rings is 1.